The Morgan fingerprint density at radius 2 is 2.00 bits per heavy atom. The van der Waals surface area contributed by atoms with E-state index in [1.165, 1.54) is 6.08 Å². The molecule has 0 aliphatic heterocycles. The van der Waals surface area contributed by atoms with E-state index in [1.807, 2.05) is 6.07 Å². The van der Waals surface area contributed by atoms with E-state index < -0.39 is 11.9 Å². The lowest BCUT2D eigenvalue weighted by Crippen LogP contribution is -2.24. The molecule has 1 unspecified atom stereocenters. The highest BCUT2D eigenvalue weighted by Gasteiger charge is 2.25. The lowest BCUT2D eigenvalue weighted by atomic mass is 9.98. The summed E-state index contributed by atoms with van der Waals surface area (Å²) in [5, 5.41) is 0. The SMILES string of the molecule is C=CC(C(=O)OCC)C(=O)c1ccccc1. The fourth-order valence-electron chi connectivity index (χ4n) is 1.32. The molecule has 84 valence electrons. The summed E-state index contributed by atoms with van der Waals surface area (Å²) in [5.41, 5.74) is 0.487. The van der Waals surface area contributed by atoms with E-state index in [4.69, 9.17) is 4.74 Å². The molecule has 0 aromatic heterocycles. The van der Waals surface area contributed by atoms with Crippen LogP contribution in [0.15, 0.2) is 43.0 Å². The van der Waals surface area contributed by atoms with Crippen molar-refractivity contribution in [3.05, 3.63) is 48.6 Å². The number of hydrogen-bond donors (Lipinski definition) is 0. The third kappa shape index (κ3) is 2.79. The molecule has 0 saturated heterocycles. The summed E-state index contributed by atoms with van der Waals surface area (Å²) >= 11 is 0. The van der Waals surface area contributed by atoms with Crippen molar-refractivity contribution < 1.29 is 14.3 Å². The summed E-state index contributed by atoms with van der Waals surface area (Å²) < 4.78 is 4.81. The summed E-state index contributed by atoms with van der Waals surface area (Å²) in [6, 6.07) is 8.64. The molecule has 1 rings (SSSR count). The third-order valence-electron chi connectivity index (χ3n) is 2.12. The number of carbonyl (C=O) groups is 2. The maximum absolute atomic E-state index is 11.9. The molecule has 0 N–H and O–H groups in total. The first kappa shape index (κ1) is 12.2. The van der Waals surface area contributed by atoms with Crippen LogP contribution < -0.4 is 0 Å². The second kappa shape index (κ2) is 5.85. The van der Waals surface area contributed by atoms with Crippen LogP contribution in [0.3, 0.4) is 0 Å². The average Bonchev–Trinajstić information content (AvgIpc) is 2.31. The number of carbonyl (C=O) groups excluding carboxylic acids is 2. The van der Waals surface area contributed by atoms with Crippen LogP contribution in [0.2, 0.25) is 0 Å². The quantitative estimate of drug-likeness (QED) is 0.329. The molecule has 0 aliphatic rings. The van der Waals surface area contributed by atoms with Crippen LogP contribution in [-0.2, 0) is 9.53 Å². The molecule has 0 fully saturated rings. The number of rotatable bonds is 5. The van der Waals surface area contributed by atoms with Gasteiger partial charge in [-0.3, -0.25) is 9.59 Å². The second-order valence-electron chi connectivity index (χ2n) is 3.20. The molecule has 0 heterocycles. The van der Waals surface area contributed by atoms with Crippen molar-refractivity contribution in [3.63, 3.8) is 0 Å². The number of esters is 1. The minimum absolute atomic E-state index is 0.255. The van der Waals surface area contributed by atoms with Crippen molar-refractivity contribution >= 4 is 11.8 Å². The number of Topliss-reactive ketones (excluding diaryl/α,β-unsaturated/α-hetero) is 1. The monoisotopic (exact) mass is 218 g/mol. The Labute approximate surface area is 94.7 Å². The maximum Gasteiger partial charge on any atom is 0.320 e. The molecule has 0 saturated carbocycles. The molecule has 0 bridgehead atoms. The molecule has 1 aromatic carbocycles. The first-order chi connectivity index (χ1) is 7.70. The summed E-state index contributed by atoms with van der Waals surface area (Å²) in [6.07, 6.45) is 1.31. The summed E-state index contributed by atoms with van der Waals surface area (Å²) in [7, 11) is 0. The Bertz CT molecular complexity index is 381. The van der Waals surface area contributed by atoms with Crippen molar-refractivity contribution in [3.8, 4) is 0 Å². The van der Waals surface area contributed by atoms with Gasteiger partial charge in [0.25, 0.3) is 0 Å². The zero-order valence-electron chi connectivity index (χ0n) is 9.18. The van der Waals surface area contributed by atoms with Gasteiger partial charge in [-0.05, 0) is 6.92 Å². The first-order valence-corrected chi connectivity index (χ1v) is 5.09. The molecule has 3 heteroatoms. The van der Waals surface area contributed by atoms with E-state index in [9.17, 15) is 9.59 Å². The second-order valence-corrected chi connectivity index (χ2v) is 3.20. The lowest BCUT2D eigenvalue weighted by molar-refractivity contribution is -0.144. The molecule has 0 radical (unpaired) electrons. The predicted octanol–water partition coefficient (Wildman–Crippen LogP) is 2.23. The maximum atomic E-state index is 11.9. The lowest BCUT2D eigenvalue weighted by Gasteiger charge is -2.10. The van der Waals surface area contributed by atoms with Crippen molar-refractivity contribution in [1.29, 1.82) is 0 Å². The molecule has 0 spiro atoms. The van der Waals surface area contributed by atoms with Crippen LogP contribution in [0.5, 0.6) is 0 Å². The van der Waals surface area contributed by atoms with E-state index in [-0.39, 0.29) is 12.4 Å². The zero-order valence-corrected chi connectivity index (χ0v) is 9.18. The van der Waals surface area contributed by atoms with Crippen molar-refractivity contribution in [2.75, 3.05) is 6.61 Å². The van der Waals surface area contributed by atoms with Crippen molar-refractivity contribution in [2.45, 2.75) is 6.92 Å². The smallest absolute Gasteiger partial charge is 0.320 e. The number of ether oxygens (including phenoxy) is 1. The predicted molar refractivity (Wildman–Crippen MR) is 61.1 cm³/mol. The van der Waals surface area contributed by atoms with E-state index in [0.717, 1.165) is 0 Å². The van der Waals surface area contributed by atoms with Gasteiger partial charge in [0.15, 0.2) is 5.78 Å². The van der Waals surface area contributed by atoms with Crippen molar-refractivity contribution in [1.82, 2.24) is 0 Å². The van der Waals surface area contributed by atoms with Gasteiger partial charge in [-0.15, -0.1) is 6.58 Å². The molecular formula is C13H14O3. The minimum atomic E-state index is -0.914. The van der Waals surface area contributed by atoms with Crippen LogP contribution >= 0.6 is 0 Å². The highest BCUT2D eigenvalue weighted by molar-refractivity contribution is 6.10. The molecule has 0 amide bonds. The standard InChI is InChI=1S/C13H14O3/c1-3-11(13(15)16-4-2)12(14)10-8-6-5-7-9-10/h3,5-9,11H,1,4H2,2H3. The van der Waals surface area contributed by atoms with Crippen LogP contribution in [-0.4, -0.2) is 18.4 Å². The Morgan fingerprint density at radius 3 is 2.50 bits per heavy atom. The molecular weight excluding hydrogens is 204 g/mol. The summed E-state index contributed by atoms with van der Waals surface area (Å²) in [6.45, 7) is 5.44. The van der Waals surface area contributed by atoms with Crippen LogP contribution in [0.25, 0.3) is 0 Å². The number of benzene rings is 1. The molecule has 0 aliphatic carbocycles. The summed E-state index contributed by atoms with van der Waals surface area (Å²) in [5.74, 6) is -1.75. The van der Waals surface area contributed by atoms with Gasteiger partial charge in [-0.2, -0.15) is 0 Å². The Kier molecular flexibility index (Phi) is 4.45. The van der Waals surface area contributed by atoms with Gasteiger partial charge >= 0.3 is 5.97 Å². The zero-order chi connectivity index (χ0) is 12.0. The van der Waals surface area contributed by atoms with E-state index >= 15 is 0 Å². The van der Waals surface area contributed by atoms with Gasteiger partial charge < -0.3 is 4.74 Å². The Morgan fingerprint density at radius 1 is 1.38 bits per heavy atom. The molecule has 1 atom stereocenters. The number of hydrogen-bond acceptors (Lipinski definition) is 3. The van der Waals surface area contributed by atoms with Gasteiger partial charge in [0.2, 0.25) is 0 Å². The van der Waals surface area contributed by atoms with Crippen LogP contribution in [0, 0.1) is 5.92 Å². The van der Waals surface area contributed by atoms with Gasteiger partial charge in [0.1, 0.15) is 5.92 Å². The molecule has 3 nitrogen and oxygen atoms in total. The average molecular weight is 218 g/mol. The van der Waals surface area contributed by atoms with Gasteiger partial charge in [0.05, 0.1) is 6.61 Å². The fourth-order valence-corrected chi connectivity index (χ4v) is 1.32. The number of ketones is 1. The summed E-state index contributed by atoms with van der Waals surface area (Å²) in [4.78, 5) is 23.4. The third-order valence-corrected chi connectivity index (χ3v) is 2.12. The fraction of sp³-hybridized carbons (Fsp3) is 0.231. The van der Waals surface area contributed by atoms with Crippen LogP contribution in [0.1, 0.15) is 17.3 Å². The molecule has 16 heavy (non-hydrogen) atoms. The molecule has 1 aromatic rings. The van der Waals surface area contributed by atoms with E-state index in [0.29, 0.717) is 5.56 Å². The van der Waals surface area contributed by atoms with E-state index in [2.05, 4.69) is 6.58 Å². The Balaban J connectivity index is 2.86. The minimum Gasteiger partial charge on any atom is -0.465 e. The normalized spacial score (nSPS) is 11.6. The van der Waals surface area contributed by atoms with Gasteiger partial charge in [-0.1, -0.05) is 36.4 Å². The van der Waals surface area contributed by atoms with Crippen LogP contribution in [0.4, 0.5) is 0 Å². The van der Waals surface area contributed by atoms with Crippen molar-refractivity contribution in [2.24, 2.45) is 5.92 Å². The highest BCUT2D eigenvalue weighted by Crippen LogP contribution is 2.11. The van der Waals surface area contributed by atoms with Gasteiger partial charge in [0, 0.05) is 5.56 Å². The topological polar surface area (TPSA) is 43.4 Å². The van der Waals surface area contributed by atoms with Gasteiger partial charge in [-0.25, -0.2) is 0 Å². The Hall–Kier alpha value is -1.90. The highest BCUT2D eigenvalue weighted by atomic mass is 16.5. The first-order valence-electron chi connectivity index (χ1n) is 5.09. The van der Waals surface area contributed by atoms with E-state index in [1.54, 1.807) is 31.2 Å². The largest absolute Gasteiger partial charge is 0.465 e.